The van der Waals surface area contributed by atoms with Gasteiger partial charge in [-0.15, -0.1) is 5.10 Å². The molecule has 8 heteroatoms. The van der Waals surface area contributed by atoms with Crippen molar-refractivity contribution < 1.29 is 14.0 Å². The zero-order valence-corrected chi connectivity index (χ0v) is 15.3. The van der Waals surface area contributed by atoms with Crippen molar-refractivity contribution in [3.63, 3.8) is 0 Å². The number of fused-ring (bicyclic) bond motifs is 1. The minimum atomic E-state index is -0.390. The zero-order valence-electron chi connectivity index (χ0n) is 15.3. The van der Waals surface area contributed by atoms with E-state index in [9.17, 15) is 0 Å². The van der Waals surface area contributed by atoms with Crippen molar-refractivity contribution in [1.29, 1.82) is 0 Å². The molecule has 2 aromatic heterocycles. The van der Waals surface area contributed by atoms with E-state index in [0.29, 0.717) is 12.0 Å². The molecule has 7 nitrogen and oxygen atoms in total. The topological polar surface area (TPSA) is 69.9 Å². The molecule has 0 aromatic carbocycles. The van der Waals surface area contributed by atoms with Crippen molar-refractivity contribution in [3.05, 3.63) is 18.3 Å². The van der Waals surface area contributed by atoms with E-state index in [4.69, 9.17) is 14.0 Å². The highest BCUT2D eigenvalue weighted by atomic mass is 16.7. The largest absolute Gasteiger partial charge is 0.495 e. The first-order chi connectivity index (χ1) is 11.8. The van der Waals surface area contributed by atoms with Crippen molar-refractivity contribution in [2.45, 2.75) is 57.8 Å². The summed E-state index contributed by atoms with van der Waals surface area (Å²) in [4.78, 5) is 4.60. The highest BCUT2D eigenvalue weighted by molar-refractivity contribution is 6.62. The van der Waals surface area contributed by atoms with Gasteiger partial charge in [0.25, 0.3) is 0 Å². The highest BCUT2D eigenvalue weighted by Crippen LogP contribution is 2.36. The molecule has 0 radical (unpaired) electrons. The van der Waals surface area contributed by atoms with E-state index < -0.39 is 7.12 Å². The normalized spacial score (nSPS) is 23.3. The second-order valence-corrected chi connectivity index (χ2v) is 7.82. The maximum absolute atomic E-state index is 6.12. The van der Waals surface area contributed by atoms with Crippen LogP contribution in [0.3, 0.4) is 0 Å². The monoisotopic (exact) mass is 344 g/mol. The van der Waals surface area contributed by atoms with Gasteiger partial charge in [-0.1, -0.05) is 0 Å². The summed E-state index contributed by atoms with van der Waals surface area (Å²) in [6, 6.07) is 4.32. The molecule has 0 spiro atoms. The van der Waals surface area contributed by atoms with E-state index in [-0.39, 0.29) is 11.2 Å². The fourth-order valence-electron chi connectivity index (χ4n) is 3.11. The molecular weight excluding hydrogens is 319 g/mol. The van der Waals surface area contributed by atoms with E-state index in [1.165, 1.54) is 0 Å². The van der Waals surface area contributed by atoms with E-state index >= 15 is 0 Å². The Kier molecular flexibility index (Phi) is 4.01. The Morgan fingerprint density at radius 1 is 1.16 bits per heavy atom. The standard InChI is InChI=1S/C17H25BN4O3/c1-16(2)17(3,4)25-18(24-16)12-5-8-22-14(11-12)20-15(21-22)19-13-6-9-23-10-7-13/h5,8,11,13H,6-7,9-10H2,1-4H3,(H,19,21). The fraction of sp³-hybridized carbons (Fsp3) is 0.647. The molecule has 134 valence electrons. The van der Waals surface area contributed by atoms with Crippen LogP contribution in [0.1, 0.15) is 40.5 Å². The maximum atomic E-state index is 6.12. The predicted octanol–water partition coefficient (Wildman–Crippen LogP) is 1.62. The molecular formula is C17H25BN4O3. The number of ether oxygens (including phenoxy) is 1. The lowest BCUT2D eigenvalue weighted by Gasteiger charge is -2.32. The quantitative estimate of drug-likeness (QED) is 0.854. The summed E-state index contributed by atoms with van der Waals surface area (Å²) in [6.45, 7) is 9.79. The molecule has 0 atom stereocenters. The number of nitrogens with one attached hydrogen (secondary N) is 1. The number of hydrogen-bond donors (Lipinski definition) is 1. The second kappa shape index (κ2) is 5.97. The molecule has 0 aliphatic carbocycles. The minimum absolute atomic E-state index is 0.354. The summed E-state index contributed by atoms with van der Waals surface area (Å²) in [5.74, 6) is 0.651. The van der Waals surface area contributed by atoms with Crippen molar-refractivity contribution in [2.24, 2.45) is 0 Å². The Hall–Kier alpha value is -1.64. The summed E-state index contributed by atoms with van der Waals surface area (Å²) in [6.07, 6.45) is 3.86. The summed E-state index contributed by atoms with van der Waals surface area (Å²) < 4.78 is 19.4. The van der Waals surface area contributed by atoms with E-state index in [0.717, 1.165) is 37.2 Å². The van der Waals surface area contributed by atoms with Gasteiger partial charge in [0, 0.05) is 25.5 Å². The molecule has 25 heavy (non-hydrogen) atoms. The third kappa shape index (κ3) is 3.14. The lowest BCUT2D eigenvalue weighted by Crippen LogP contribution is -2.41. The van der Waals surface area contributed by atoms with Crippen molar-refractivity contribution in [1.82, 2.24) is 14.6 Å². The number of anilines is 1. The molecule has 2 aromatic rings. The number of hydrogen-bond acceptors (Lipinski definition) is 6. The van der Waals surface area contributed by atoms with Gasteiger partial charge in [-0.25, -0.2) is 4.52 Å². The van der Waals surface area contributed by atoms with Gasteiger partial charge >= 0.3 is 7.12 Å². The molecule has 0 saturated carbocycles. The van der Waals surface area contributed by atoms with Crippen LogP contribution in [0.25, 0.3) is 5.65 Å². The first kappa shape index (κ1) is 16.8. The Labute approximate surface area is 148 Å². The van der Waals surface area contributed by atoms with Crippen LogP contribution in [0.5, 0.6) is 0 Å². The van der Waals surface area contributed by atoms with Gasteiger partial charge < -0.3 is 19.4 Å². The third-order valence-corrected chi connectivity index (χ3v) is 5.44. The molecule has 2 aliphatic rings. The molecule has 2 saturated heterocycles. The summed E-state index contributed by atoms with van der Waals surface area (Å²) in [7, 11) is -0.390. The summed E-state index contributed by atoms with van der Waals surface area (Å²) >= 11 is 0. The van der Waals surface area contributed by atoms with Gasteiger partial charge in [-0.05, 0) is 58.1 Å². The zero-order chi connectivity index (χ0) is 17.7. The first-order valence-electron chi connectivity index (χ1n) is 8.90. The van der Waals surface area contributed by atoms with E-state index in [1.54, 1.807) is 4.52 Å². The van der Waals surface area contributed by atoms with Crippen molar-refractivity contribution in [3.8, 4) is 0 Å². The van der Waals surface area contributed by atoms with E-state index in [1.807, 2.05) is 18.3 Å². The molecule has 1 N–H and O–H groups in total. The number of aromatic nitrogens is 3. The van der Waals surface area contributed by atoms with Crippen LogP contribution >= 0.6 is 0 Å². The van der Waals surface area contributed by atoms with Gasteiger partial charge in [0.15, 0.2) is 5.65 Å². The van der Waals surface area contributed by atoms with Crippen molar-refractivity contribution in [2.75, 3.05) is 18.5 Å². The number of pyridine rings is 1. The predicted molar refractivity (Wildman–Crippen MR) is 96.2 cm³/mol. The van der Waals surface area contributed by atoms with Gasteiger partial charge in [-0.2, -0.15) is 4.98 Å². The Balaban J connectivity index is 1.54. The first-order valence-corrected chi connectivity index (χ1v) is 8.90. The summed E-state index contributed by atoms with van der Waals surface area (Å²) in [5, 5.41) is 7.90. The lowest BCUT2D eigenvalue weighted by atomic mass is 9.80. The second-order valence-electron chi connectivity index (χ2n) is 7.82. The van der Waals surface area contributed by atoms with Gasteiger partial charge in [0.05, 0.1) is 11.2 Å². The summed E-state index contributed by atoms with van der Waals surface area (Å²) in [5.41, 5.74) is 1.03. The van der Waals surface area contributed by atoms with Crippen molar-refractivity contribution >= 4 is 24.2 Å². The van der Waals surface area contributed by atoms with Gasteiger partial charge in [0.1, 0.15) is 0 Å². The van der Waals surface area contributed by atoms with Crippen LogP contribution in [0, 0.1) is 0 Å². The SMILES string of the molecule is CC1(C)OB(c2ccn3nc(NC4CCOCC4)nc3c2)OC1(C)C. The number of nitrogens with zero attached hydrogens (tertiary/aromatic N) is 3. The highest BCUT2D eigenvalue weighted by Gasteiger charge is 2.51. The Morgan fingerprint density at radius 3 is 2.52 bits per heavy atom. The molecule has 2 fully saturated rings. The Bertz CT molecular complexity index is 754. The van der Waals surface area contributed by atoms with Crippen LogP contribution in [0.2, 0.25) is 0 Å². The lowest BCUT2D eigenvalue weighted by molar-refractivity contribution is 0.00578. The molecule has 0 unspecified atom stereocenters. The minimum Gasteiger partial charge on any atom is -0.399 e. The average molecular weight is 344 g/mol. The van der Waals surface area contributed by atoms with Crippen LogP contribution in [-0.4, -0.2) is 52.2 Å². The van der Waals surface area contributed by atoms with Crippen LogP contribution in [0.15, 0.2) is 18.3 Å². The fourth-order valence-corrected chi connectivity index (χ4v) is 3.11. The van der Waals surface area contributed by atoms with E-state index in [2.05, 4.69) is 43.1 Å². The average Bonchev–Trinajstić information content (AvgIpc) is 3.04. The molecule has 4 rings (SSSR count). The van der Waals surface area contributed by atoms with Gasteiger partial charge in [0.2, 0.25) is 5.95 Å². The Morgan fingerprint density at radius 2 is 1.84 bits per heavy atom. The molecule has 2 aliphatic heterocycles. The molecule has 0 amide bonds. The maximum Gasteiger partial charge on any atom is 0.495 e. The van der Waals surface area contributed by atoms with Crippen LogP contribution in [0.4, 0.5) is 5.95 Å². The van der Waals surface area contributed by atoms with Crippen LogP contribution < -0.4 is 10.8 Å². The molecule has 0 bridgehead atoms. The third-order valence-electron chi connectivity index (χ3n) is 5.44. The molecule has 4 heterocycles. The van der Waals surface area contributed by atoms with Gasteiger partial charge in [-0.3, -0.25) is 0 Å². The number of rotatable bonds is 3. The van der Waals surface area contributed by atoms with Crippen LogP contribution in [-0.2, 0) is 14.0 Å². The smallest absolute Gasteiger partial charge is 0.399 e.